The largest absolute Gasteiger partial charge is 0.487 e. The molecule has 2 atom stereocenters. The van der Waals surface area contributed by atoms with Gasteiger partial charge in [0.2, 0.25) is 10.0 Å². The second-order valence-corrected chi connectivity index (χ2v) is 8.95. The zero-order chi connectivity index (χ0) is 20.7. The van der Waals surface area contributed by atoms with Crippen LogP contribution in [0.3, 0.4) is 0 Å². The van der Waals surface area contributed by atoms with Crippen molar-refractivity contribution in [3.63, 3.8) is 0 Å². The fourth-order valence-electron chi connectivity index (χ4n) is 3.15. The number of aliphatic carboxylic acids is 1. The monoisotopic (exact) mass is 409 g/mol. The van der Waals surface area contributed by atoms with Crippen molar-refractivity contribution >= 4 is 16.0 Å². The quantitative estimate of drug-likeness (QED) is 0.699. The number of carbonyl (C=O) groups is 1. The fourth-order valence-corrected chi connectivity index (χ4v) is 4.37. The molecule has 2 aromatic carbocycles. The van der Waals surface area contributed by atoms with E-state index < -0.39 is 39.6 Å². The highest BCUT2D eigenvalue weighted by Crippen LogP contribution is 2.41. The van der Waals surface area contributed by atoms with Crippen LogP contribution in [0, 0.1) is 5.82 Å². The molecule has 2 aromatic rings. The zero-order valence-electron chi connectivity index (χ0n) is 15.2. The molecule has 0 fully saturated rings. The summed E-state index contributed by atoms with van der Waals surface area (Å²) < 4.78 is 47.0. The summed E-state index contributed by atoms with van der Waals surface area (Å²) in [6.07, 6.45) is -1.39. The molecule has 7 nitrogen and oxygen atoms in total. The maximum Gasteiger partial charge on any atom is 0.337 e. The number of carboxylic acid groups (broad SMARTS) is 1. The zero-order valence-corrected chi connectivity index (χ0v) is 16.0. The molecule has 3 N–H and O–H groups in total. The summed E-state index contributed by atoms with van der Waals surface area (Å²) in [6.45, 7) is 3.55. The van der Waals surface area contributed by atoms with E-state index in [1.165, 1.54) is 30.3 Å². The van der Waals surface area contributed by atoms with Crippen molar-refractivity contribution in [2.45, 2.75) is 42.9 Å². The number of ether oxygens (including phenoxy) is 1. The van der Waals surface area contributed by atoms with E-state index in [9.17, 15) is 22.7 Å². The van der Waals surface area contributed by atoms with Gasteiger partial charge in [-0.25, -0.2) is 22.3 Å². The normalized spacial score (nSPS) is 19.4. The minimum absolute atomic E-state index is 0.0716. The Hall–Kier alpha value is -2.49. The number of hydrogen-bond donors (Lipinski definition) is 3. The number of benzene rings is 2. The van der Waals surface area contributed by atoms with Crippen LogP contribution in [0.1, 0.15) is 43.5 Å². The van der Waals surface area contributed by atoms with Crippen LogP contribution >= 0.6 is 0 Å². The number of halogens is 1. The first-order valence-electron chi connectivity index (χ1n) is 8.50. The summed E-state index contributed by atoms with van der Waals surface area (Å²) in [5.74, 6) is -1.65. The Morgan fingerprint density at radius 1 is 1.25 bits per heavy atom. The first-order chi connectivity index (χ1) is 13.0. The number of hydrogen-bond acceptors (Lipinski definition) is 5. The Morgan fingerprint density at radius 3 is 2.50 bits per heavy atom. The molecule has 0 saturated carbocycles. The summed E-state index contributed by atoms with van der Waals surface area (Å²) in [5.41, 5.74) is -0.0917. The van der Waals surface area contributed by atoms with Crippen molar-refractivity contribution in [3.05, 3.63) is 59.4 Å². The lowest BCUT2D eigenvalue weighted by atomic mass is 9.89. The lowest BCUT2D eigenvalue weighted by molar-refractivity contribution is -0.146. The average Bonchev–Trinajstić information content (AvgIpc) is 2.59. The van der Waals surface area contributed by atoms with E-state index in [4.69, 9.17) is 9.84 Å². The van der Waals surface area contributed by atoms with Crippen LogP contribution < -0.4 is 9.46 Å². The lowest BCUT2D eigenvalue weighted by Crippen LogP contribution is -2.41. The highest BCUT2D eigenvalue weighted by molar-refractivity contribution is 7.89. The topological polar surface area (TPSA) is 113 Å². The molecule has 0 aromatic heterocycles. The van der Waals surface area contributed by atoms with E-state index in [2.05, 4.69) is 4.72 Å². The van der Waals surface area contributed by atoms with Gasteiger partial charge in [0.15, 0.2) is 6.10 Å². The minimum Gasteiger partial charge on any atom is -0.487 e. The lowest BCUT2D eigenvalue weighted by Gasteiger charge is -2.38. The second-order valence-electron chi connectivity index (χ2n) is 7.23. The third kappa shape index (κ3) is 4.16. The molecule has 1 aliphatic rings. The second kappa shape index (κ2) is 7.16. The van der Waals surface area contributed by atoms with E-state index in [1.54, 1.807) is 13.8 Å². The maximum atomic E-state index is 13.1. The first kappa shape index (κ1) is 20.2. The van der Waals surface area contributed by atoms with Gasteiger partial charge in [-0.2, -0.15) is 0 Å². The third-order valence-corrected chi connectivity index (χ3v) is 5.95. The molecule has 1 heterocycles. The van der Waals surface area contributed by atoms with Gasteiger partial charge in [0.05, 0.1) is 10.9 Å². The molecule has 28 heavy (non-hydrogen) atoms. The molecule has 0 saturated heterocycles. The van der Waals surface area contributed by atoms with Crippen LogP contribution in [0.25, 0.3) is 0 Å². The van der Waals surface area contributed by atoms with Gasteiger partial charge in [0.25, 0.3) is 0 Å². The number of aliphatic hydroxyl groups excluding tert-OH is 1. The van der Waals surface area contributed by atoms with Gasteiger partial charge in [0.1, 0.15) is 17.2 Å². The highest BCUT2D eigenvalue weighted by Gasteiger charge is 2.36. The van der Waals surface area contributed by atoms with Crippen LogP contribution in [-0.2, 0) is 14.8 Å². The predicted molar refractivity (Wildman–Crippen MR) is 97.8 cm³/mol. The van der Waals surface area contributed by atoms with Crippen LogP contribution in [0.5, 0.6) is 5.75 Å². The summed E-state index contributed by atoms with van der Waals surface area (Å²) in [6, 6.07) is 8.18. The van der Waals surface area contributed by atoms with Gasteiger partial charge in [-0.1, -0.05) is 12.1 Å². The van der Waals surface area contributed by atoms with Gasteiger partial charge >= 0.3 is 5.97 Å². The summed E-state index contributed by atoms with van der Waals surface area (Å²) >= 11 is 0. The van der Waals surface area contributed by atoms with Crippen molar-refractivity contribution in [2.75, 3.05) is 0 Å². The van der Waals surface area contributed by atoms with Crippen LogP contribution in [0.2, 0.25) is 0 Å². The number of sulfonamides is 1. The average molecular weight is 409 g/mol. The fraction of sp³-hybridized carbons (Fsp3) is 0.316. The number of rotatable bonds is 5. The van der Waals surface area contributed by atoms with Crippen molar-refractivity contribution < 1.29 is 32.6 Å². The molecule has 0 spiro atoms. The van der Waals surface area contributed by atoms with E-state index in [0.29, 0.717) is 17.7 Å². The molecule has 150 valence electrons. The van der Waals surface area contributed by atoms with Gasteiger partial charge < -0.3 is 14.9 Å². The van der Waals surface area contributed by atoms with Gasteiger partial charge in [-0.15, -0.1) is 0 Å². The summed E-state index contributed by atoms with van der Waals surface area (Å²) in [4.78, 5) is 10.9. The molecular weight excluding hydrogens is 389 g/mol. The Kier molecular flexibility index (Phi) is 5.18. The third-order valence-electron chi connectivity index (χ3n) is 4.47. The highest BCUT2D eigenvalue weighted by atomic mass is 32.2. The molecule has 0 radical (unpaired) electrons. The standard InChI is InChI=1S/C19H20FNO6S/c1-19(2)10-15(21-28(25,26)13-6-4-12(20)5-7-13)14-8-3-11(9-16(14)27-19)17(22)18(23)24/h3-9,15,17,21-22H,10H2,1-2H3,(H,23,24). The van der Waals surface area contributed by atoms with Gasteiger partial charge in [-0.05, 0) is 49.7 Å². The van der Waals surface area contributed by atoms with Gasteiger partial charge in [0, 0.05) is 12.0 Å². The smallest absolute Gasteiger partial charge is 0.337 e. The Balaban J connectivity index is 1.97. The van der Waals surface area contributed by atoms with Gasteiger partial charge in [-0.3, -0.25) is 0 Å². The minimum atomic E-state index is -3.93. The predicted octanol–water partition coefficient (Wildman–Crippen LogP) is 2.52. The first-order valence-corrected chi connectivity index (χ1v) is 9.98. The van der Waals surface area contributed by atoms with E-state index in [0.717, 1.165) is 12.1 Å². The Morgan fingerprint density at radius 2 is 1.89 bits per heavy atom. The molecule has 0 aliphatic carbocycles. The molecule has 0 amide bonds. The maximum absolute atomic E-state index is 13.1. The molecular formula is C19H20FNO6S. The summed E-state index contributed by atoms with van der Waals surface area (Å²) in [5, 5.41) is 18.7. The number of carboxylic acids is 1. The van der Waals surface area contributed by atoms with E-state index in [-0.39, 0.29) is 10.5 Å². The van der Waals surface area contributed by atoms with Crippen LogP contribution in [0.15, 0.2) is 47.4 Å². The van der Waals surface area contributed by atoms with Crippen molar-refractivity contribution in [1.29, 1.82) is 0 Å². The molecule has 2 unspecified atom stereocenters. The number of nitrogens with one attached hydrogen (secondary N) is 1. The van der Waals surface area contributed by atoms with Crippen LogP contribution in [-0.4, -0.2) is 30.2 Å². The van der Waals surface area contributed by atoms with E-state index in [1.807, 2.05) is 0 Å². The summed E-state index contributed by atoms with van der Waals surface area (Å²) in [7, 11) is -3.93. The molecule has 1 aliphatic heterocycles. The molecule has 3 rings (SSSR count). The van der Waals surface area contributed by atoms with Crippen molar-refractivity contribution in [3.8, 4) is 5.75 Å². The van der Waals surface area contributed by atoms with E-state index >= 15 is 0 Å². The molecule has 9 heteroatoms. The SMILES string of the molecule is CC1(C)CC(NS(=O)(=O)c2ccc(F)cc2)c2ccc(C(O)C(=O)O)cc2O1. The Labute approximate surface area is 161 Å². The van der Waals surface area contributed by atoms with Crippen molar-refractivity contribution in [2.24, 2.45) is 0 Å². The van der Waals surface area contributed by atoms with Crippen LogP contribution in [0.4, 0.5) is 4.39 Å². The molecule has 0 bridgehead atoms. The van der Waals surface area contributed by atoms with Crippen molar-refractivity contribution in [1.82, 2.24) is 4.72 Å². The number of fused-ring (bicyclic) bond motifs is 1. The Bertz CT molecular complexity index is 1000. The number of aliphatic hydroxyl groups is 1.